The number of hydrogen-bond acceptors (Lipinski definition) is 1. The van der Waals surface area contributed by atoms with Crippen LogP contribution in [0.3, 0.4) is 0 Å². The standard InChI is InChI=1S/C12H14F2O2/c1-7-3-4-9(12(13)14)10(5-7)8(2)6-11(15)16/h3-5,8,12H,6H2,1-2H3,(H,15,16). The molecule has 0 bridgehead atoms. The Morgan fingerprint density at radius 2 is 2.00 bits per heavy atom. The number of aliphatic carboxylic acids is 1. The van der Waals surface area contributed by atoms with E-state index in [0.717, 1.165) is 5.56 Å². The van der Waals surface area contributed by atoms with Gasteiger partial charge in [0.2, 0.25) is 0 Å². The molecule has 0 aliphatic rings. The summed E-state index contributed by atoms with van der Waals surface area (Å²) in [6.45, 7) is 3.45. The normalized spacial score (nSPS) is 12.8. The number of rotatable bonds is 4. The van der Waals surface area contributed by atoms with Crippen LogP contribution in [0.2, 0.25) is 0 Å². The van der Waals surface area contributed by atoms with Crippen molar-refractivity contribution in [2.45, 2.75) is 32.6 Å². The van der Waals surface area contributed by atoms with Crippen molar-refractivity contribution in [3.05, 3.63) is 34.9 Å². The van der Waals surface area contributed by atoms with Crippen LogP contribution in [0.15, 0.2) is 18.2 Å². The van der Waals surface area contributed by atoms with Crippen LogP contribution in [0.25, 0.3) is 0 Å². The van der Waals surface area contributed by atoms with Crippen molar-refractivity contribution >= 4 is 5.97 Å². The van der Waals surface area contributed by atoms with Crippen LogP contribution < -0.4 is 0 Å². The Bertz CT molecular complexity index is 389. The first-order valence-corrected chi connectivity index (χ1v) is 5.02. The topological polar surface area (TPSA) is 37.3 Å². The van der Waals surface area contributed by atoms with Gasteiger partial charge in [0.05, 0.1) is 6.42 Å². The van der Waals surface area contributed by atoms with Gasteiger partial charge in [-0.3, -0.25) is 4.79 Å². The minimum absolute atomic E-state index is 0.0700. The number of hydrogen-bond donors (Lipinski definition) is 1. The summed E-state index contributed by atoms with van der Waals surface area (Å²) in [5, 5.41) is 8.66. The van der Waals surface area contributed by atoms with Crippen molar-refractivity contribution in [3.63, 3.8) is 0 Å². The lowest BCUT2D eigenvalue weighted by Gasteiger charge is -2.15. The minimum atomic E-state index is -2.56. The van der Waals surface area contributed by atoms with Gasteiger partial charge in [0, 0.05) is 5.56 Å². The Hall–Kier alpha value is -1.45. The molecule has 0 aliphatic carbocycles. The second-order valence-electron chi connectivity index (χ2n) is 3.93. The van der Waals surface area contributed by atoms with Crippen LogP contribution in [0.1, 0.15) is 42.4 Å². The highest BCUT2D eigenvalue weighted by atomic mass is 19.3. The number of aryl methyl sites for hydroxylation is 1. The Labute approximate surface area is 92.9 Å². The molecule has 1 aromatic carbocycles. The average molecular weight is 228 g/mol. The summed E-state index contributed by atoms with van der Waals surface area (Å²) in [4.78, 5) is 10.6. The van der Waals surface area contributed by atoms with Crippen LogP contribution in [-0.4, -0.2) is 11.1 Å². The molecule has 2 nitrogen and oxygen atoms in total. The first-order valence-electron chi connectivity index (χ1n) is 5.02. The molecule has 1 N–H and O–H groups in total. The highest BCUT2D eigenvalue weighted by Gasteiger charge is 2.19. The molecular formula is C12H14F2O2. The van der Waals surface area contributed by atoms with Crippen molar-refractivity contribution in [2.24, 2.45) is 0 Å². The summed E-state index contributed by atoms with van der Waals surface area (Å²) in [5.41, 5.74) is 1.22. The van der Waals surface area contributed by atoms with Gasteiger partial charge in [0.25, 0.3) is 6.43 Å². The maximum Gasteiger partial charge on any atom is 0.303 e. The van der Waals surface area contributed by atoms with Crippen molar-refractivity contribution in [3.8, 4) is 0 Å². The fourth-order valence-corrected chi connectivity index (χ4v) is 1.69. The molecule has 1 rings (SSSR count). The van der Waals surface area contributed by atoms with E-state index in [1.165, 1.54) is 6.07 Å². The average Bonchev–Trinajstić information content (AvgIpc) is 2.15. The van der Waals surface area contributed by atoms with E-state index in [9.17, 15) is 13.6 Å². The second-order valence-corrected chi connectivity index (χ2v) is 3.93. The Balaban J connectivity index is 3.08. The third-order valence-electron chi connectivity index (χ3n) is 2.49. The van der Waals surface area contributed by atoms with E-state index < -0.39 is 18.3 Å². The van der Waals surface area contributed by atoms with E-state index in [-0.39, 0.29) is 12.0 Å². The fourth-order valence-electron chi connectivity index (χ4n) is 1.69. The second kappa shape index (κ2) is 5.05. The zero-order valence-corrected chi connectivity index (χ0v) is 9.21. The quantitative estimate of drug-likeness (QED) is 0.856. The molecule has 0 heterocycles. The number of carbonyl (C=O) groups is 1. The van der Waals surface area contributed by atoms with Gasteiger partial charge in [-0.05, 0) is 18.4 Å². The number of carboxylic acids is 1. The number of benzene rings is 1. The lowest BCUT2D eigenvalue weighted by atomic mass is 9.92. The third kappa shape index (κ3) is 3.02. The summed E-state index contributed by atoms with van der Waals surface area (Å²) in [7, 11) is 0. The summed E-state index contributed by atoms with van der Waals surface area (Å²) in [6.07, 6.45) is -2.70. The predicted octanol–water partition coefficient (Wildman–Crippen LogP) is 3.51. The molecule has 4 heteroatoms. The van der Waals surface area contributed by atoms with Gasteiger partial charge in [-0.1, -0.05) is 30.7 Å². The van der Waals surface area contributed by atoms with Crippen LogP contribution >= 0.6 is 0 Å². The van der Waals surface area contributed by atoms with Crippen molar-refractivity contribution < 1.29 is 18.7 Å². The molecule has 1 unspecified atom stereocenters. The largest absolute Gasteiger partial charge is 0.481 e. The number of halogens is 2. The zero-order chi connectivity index (χ0) is 12.3. The van der Waals surface area contributed by atoms with Gasteiger partial charge in [-0.2, -0.15) is 0 Å². The van der Waals surface area contributed by atoms with E-state index in [0.29, 0.717) is 5.56 Å². The van der Waals surface area contributed by atoms with Crippen molar-refractivity contribution in [1.29, 1.82) is 0 Å². The van der Waals surface area contributed by atoms with Gasteiger partial charge in [-0.15, -0.1) is 0 Å². The summed E-state index contributed by atoms with van der Waals surface area (Å²) in [6, 6.07) is 4.61. The van der Waals surface area contributed by atoms with Gasteiger partial charge in [0.15, 0.2) is 0 Å². The molecule has 16 heavy (non-hydrogen) atoms. The van der Waals surface area contributed by atoms with E-state index >= 15 is 0 Å². The molecule has 0 amide bonds. The van der Waals surface area contributed by atoms with Gasteiger partial charge >= 0.3 is 5.97 Å². The Morgan fingerprint density at radius 3 is 2.50 bits per heavy atom. The summed E-state index contributed by atoms with van der Waals surface area (Å²) in [5.74, 6) is -1.38. The Kier molecular flexibility index (Phi) is 3.99. The van der Waals surface area contributed by atoms with Gasteiger partial charge in [0.1, 0.15) is 0 Å². The lowest BCUT2D eigenvalue weighted by Crippen LogP contribution is -2.06. The molecule has 1 atom stereocenters. The monoisotopic (exact) mass is 228 g/mol. The molecule has 0 aromatic heterocycles. The molecule has 0 spiro atoms. The zero-order valence-electron chi connectivity index (χ0n) is 9.21. The molecule has 1 aromatic rings. The molecule has 88 valence electrons. The number of carboxylic acid groups (broad SMARTS) is 1. The van der Waals surface area contributed by atoms with Crippen LogP contribution in [0.5, 0.6) is 0 Å². The van der Waals surface area contributed by atoms with Crippen molar-refractivity contribution in [2.75, 3.05) is 0 Å². The maximum absolute atomic E-state index is 12.7. The Morgan fingerprint density at radius 1 is 1.38 bits per heavy atom. The fraction of sp³-hybridized carbons (Fsp3) is 0.417. The van der Waals surface area contributed by atoms with E-state index in [1.54, 1.807) is 26.0 Å². The highest BCUT2D eigenvalue weighted by molar-refractivity contribution is 5.68. The van der Waals surface area contributed by atoms with E-state index in [2.05, 4.69) is 0 Å². The van der Waals surface area contributed by atoms with Crippen LogP contribution in [-0.2, 0) is 4.79 Å². The van der Waals surface area contributed by atoms with E-state index in [1.807, 2.05) is 0 Å². The molecule has 0 radical (unpaired) electrons. The van der Waals surface area contributed by atoms with Crippen LogP contribution in [0.4, 0.5) is 8.78 Å². The molecule has 0 saturated heterocycles. The first kappa shape index (κ1) is 12.6. The first-order chi connectivity index (χ1) is 7.41. The highest BCUT2D eigenvalue weighted by Crippen LogP contribution is 2.30. The summed E-state index contributed by atoms with van der Waals surface area (Å²) >= 11 is 0. The maximum atomic E-state index is 12.7. The van der Waals surface area contributed by atoms with E-state index in [4.69, 9.17) is 5.11 Å². The lowest BCUT2D eigenvalue weighted by molar-refractivity contribution is -0.137. The van der Waals surface area contributed by atoms with Crippen LogP contribution in [0, 0.1) is 6.92 Å². The van der Waals surface area contributed by atoms with Gasteiger partial charge in [-0.25, -0.2) is 8.78 Å². The minimum Gasteiger partial charge on any atom is -0.481 e. The predicted molar refractivity (Wildman–Crippen MR) is 56.8 cm³/mol. The smallest absolute Gasteiger partial charge is 0.303 e. The molecule has 0 saturated carbocycles. The van der Waals surface area contributed by atoms with Gasteiger partial charge < -0.3 is 5.11 Å². The third-order valence-corrected chi connectivity index (χ3v) is 2.49. The van der Waals surface area contributed by atoms with Crippen molar-refractivity contribution in [1.82, 2.24) is 0 Å². The molecule has 0 aliphatic heterocycles. The number of alkyl halides is 2. The molecular weight excluding hydrogens is 214 g/mol. The SMILES string of the molecule is Cc1ccc(C(F)F)c(C(C)CC(=O)O)c1. The molecule has 0 fully saturated rings. The summed E-state index contributed by atoms with van der Waals surface area (Å²) < 4.78 is 25.4.